The van der Waals surface area contributed by atoms with Crippen LogP contribution in [0.25, 0.3) is 0 Å². The van der Waals surface area contributed by atoms with E-state index in [1.807, 2.05) is 35.1 Å². The quantitative estimate of drug-likeness (QED) is 0.384. The van der Waals surface area contributed by atoms with Crippen LogP contribution in [0.1, 0.15) is 18.9 Å². The highest BCUT2D eigenvalue weighted by Crippen LogP contribution is 2.29. The number of aryl methyl sites for hydroxylation is 1. The first-order valence-electron chi connectivity index (χ1n) is 12.7. The summed E-state index contributed by atoms with van der Waals surface area (Å²) >= 11 is 0. The van der Waals surface area contributed by atoms with E-state index in [2.05, 4.69) is 10.00 Å². The number of hydrogen-bond acceptors (Lipinski definition) is 7. The Hall–Kier alpha value is -3.63. The smallest absolute Gasteiger partial charge is 0.219 e. The first-order chi connectivity index (χ1) is 18.3. The molecule has 0 unspecified atom stereocenters. The summed E-state index contributed by atoms with van der Waals surface area (Å²) in [6.45, 7) is 4.83. The van der Waals surface area contributed by atoms with Crippen molar-refractivity contribution in [2.75, 3.05) is 46.5 Å². The van der Waals surface area contributed by atoms with Gasteiger partial charge in [-0.3, -0.25) is 14.4 Å². The fraction of sp³-hybridized carbons (Fsp3) is 0.429. The van der Waals surface area contributed by atoms with Gasteiger partial charge in [-0.15, -0.1) is 0 Å². The molecule has 38 heavy (non-hydrogen) atoms. The Kier molecular flexibility index (Phi) is 9.19. The molecule has 1 saturated heterocycles. The van der Waals surface area contributed by atoms with Gasteiger partial charge >= 0.3 is 0 Å². The molecule has 9 nitrogen and oxygen atoms in total. The maximum atomic E-state index is 13.2. The van der Waals surface area contributed by atoms with Crippen molar-refractivity contribution in [1.82, 2.24) is 19.6 Å². The third-order valence-electron chi connectivity index (χ3n) is 6.44. The van der Waals surface area contributed by atoms with Crippen LogP contribution in [0.2, 0.25) is 0 Å². The van der Waals surface area contributed by atoms with Crippen LogP contribution in [-0.2, 0) is 17.9 Å². The van der Waals surface area contributed by atoms with Gasteiger partial charge in [-0.25, -0.2) is 4.39 Å². The number of β-amino-alcohol motifs (C(OH)–C–C–N with tert-alkyl or cyclic N) is 1. The third-order valence-corrected chi connectivity index (χ3v) is 6.44. The summed E-state index contributed by atoms with van der Waals surface area (Å²) < 4.78 is 32.4. The van der Waals surface area contributed by atoms with Gasteiger partial charge in [-0.2, -0.15) is 5.10 Å². The van der Waals surface area contributed by atoms with Crippen molar-refractivity contribution >= 4 is 5.91 Å². The van der Waals surface area contributed by atoms with Crippen molar-refractivity contribution < 1.29 is 28.5 Å². The van der Waals surface area contributed by atoms with Crippen LogP contribution in [0, 0.1) is 5.82 Å². The van der Waals surface area contributed by atoms with Gasteiger partial charge in [-0.05, 0) is 48.0 Å². The lowest BCUT2D eigenvalue weighted by Gasteiger charge is -2.32. The zero-order valence-electron chi connectivity index (χ0n) is 21.9. The Labute approximate surface area is 222 Å². The minimum Gasteiger partial charge on any atom is -0.493 e. The van der Waals surface area contributed by atoms with E-state index in [0.717, 1.165) is 18.5 Å². The van der Waals surface area contributed by atoms with Crippen molar-refractivity contribution in [3.8, 4) is 17.2 Å². The summed E-state index contributed by atoms with van der Waals surface area (Å²) in [7, 11) is 1.61. The number of nitrogens with zero attached hydrogens (tertiary/aromatic N) is 4. The topological polar surface area (TPSA) is 89.3 Å². The molecule has 10 heteroatoms. The maximum Gasteiger partial charge on any atom is 0.219 e. The molecule has 0 aliphatic carbocycles. The van der Waals surface area contributed by atoms with Crippen LogP contribution in [0.3, 0.4) is 0 Å². The number of methoxy groups -OCH3 is 1. The van der Waals surface area contributed by atoms with Crippen molar-refractivity contribution in [2.45, 2.75) is 32.0 Å². The highest BCUT2D eigenvalue weighted by atomic mass is 19.1. The van der Waals surface area contributed by atoms with Crippen molar-refractivity contribution in [2.24, 2.45) is 0 Å². The molecule has 3 aromatic rings. The monoisotopic (exact) mass is 526 g/mol. The fourth-order valence-corrected chi connectivity index (χ4v) is 4.51. The van der Waals surface area contributed by atoms with Crippen LogP contribution >= 0.6 is 0 Å². The SMILES string of the molecule is COc1cc(CN2CCN(C(C)=O)C[C@@](O)(COc3ccc(F)cc3)C2)ccc1OCCCn1cccn1. The second kappa shape index (κ2) is 12.7. The average molecular weight is 527 g/mol. The molecular formula is C28H35FN4O5. The zero-order chi connectivity index (χ0) is 27.0. The highest BCUT2D eigenvalue weighted by Gasteiger charge is 2.37. The van der Waals surface area contributed by atoms with Gasteiger partial charge in [-0.1, -0.05) is 6.07 Å². The molecule has 1 fully saturated rings. The van der Waals surface area contributed by atoms with E-state index in [1.165, 1.54) is 31.2 Å². The first-order valence-corrected chi connectivity index (χ1v) is 12.7. The Morgan fingerprint density at radius 1 is 1.11 bits per heavy atom. The molecule has 2 aromatic carbocycles. The summed E-state index contributed by atoms with van der Waals surface area (Å²) in [6.07, 6.45) is 4.49. The summed E-state index contributed by atoms with van der Waals surface area (Å²) in [4.78, 5) is 15.9. The second-order valence-corrected chi connectivity index (χ2v) is 9.57. The molecule has 0 saturated carbocycles. The van der Waals surface area contributed by atoms with Gasteiger partial charge in [0.15, 0.2) is 11.5 Å². The molecule has 1 amide bonds. The number of amides is 1. The summed E-state index contributed by atoms with van der Waals surface area (Å²) in [5.74, 6) is 1.29. The average Bonchev–Trinajstić information content (AvgIpc) is 3.36. The molecule has 1 aromatic heterocycles. The van der Waals surface area contributed by atoms with Crippen molar-refractivity contribution in [3.05, 3.63) is 72.3 Å². The lowest BCUT2D eigenvalue weighted by Crippen LogP contribution is -2.51. The molecule has 0 spiro atoms. The van der Waals surface area contributed by atoms with Gasteiger partial charge in [0.25, 0.3) is 0 Å². The van der Waals surface area contributed by atoms with E-state index in [1.54, 1.807) is 18.2 Å². The summed E-state index contributed by atoms with van der Waals surface area (Å²) in [5, 5.41) is 15.7. The Balaban J connectivity index is 1.39. The van der Waals surface area contributed by atoms with Crippen LogP contribution in [0.5, 0.6) is 17.2 Å². The van der Waals surface area contributed by atoms with Crippen molar-refractivity contribution in [3.63, 3.8) is 0 Å². The molecule has 4 rings (SSSR count). The second-order valence-electron chi connectivity index (χ2n) is 9.57. The number of halogens is 1. The molecule has 204 valence electrons. The molecule has 1 N–H and O–H groups in total. The van der Waals surface area contributed by atoms with Crippen LogP contribution < -0.4 is 14.2 Å². The Morgan fingerprint density at radius 2 is 1.92 bits per heavy atom. The number of carbonyl (C=O) groups is 1. The van der Waals surface area contributed by atoms with E-state index in [-0.39, 0.29) is 24.9 Å². The van der Waals surface area contributed by atoms with Gasteiger partial charge in [0.05, 0.1) is 20.3 Å². The summed E-state index contributed by atoms with van der Waals surface area (Å²) in [5.41, 5.74) is -0.318. The van der Waals surface area contributed by atoms with Gasteiger partial charge in [0.2, 0.25) is 5.91 Å². The number of ether oxygens (including phenoxy) is 3. The summed E-state index contributed by atoms with van der Waals surface area (Å²) in [6, 6.07) is 13.3. The fourth-order valence-electron chi connectivity index (χ4n) is 4.51. The van der Waals surface area contributed by atoms with E-state index in [9.17, 15) is 14.3 Å². The molecular weight excluding hydrogens is 491 g/mol. The predicted molar refractivity (Wildman–Crippen MR) is 140 cm³/mol. The van der Waals surface area contributed by atoms with Crippen LogP contribution in [0.15, 0.2) is 60.9 Å². The number of carbonyl (C=O) groups excluding carboxylic acids is 1. The van der Waals surface area contributed by atoms with Gasteiger partial charge < -0.3 is 24.2 Å². The normalized spacial score (nSPS) is 18.2. The number of hydrogen-bond donors (Lipinski definition) is 1. The third kappa shape index (κ3) is 7.69. The lowest BCUT2D eigenvalue weighted by atomic mass is 10.0. The van der Waals surface area contributed by atoms with Crippen molar-refractivity contribution in [1.29, 1.82) is 0 Å². The lowest BCUT2D eigenvalue weighted by molar-refractivity contribution is -0.132. The van der Waals surface area contributed by atoms with E-state index >= 15 is 0 Å². The minimum atomic E-state index is -1.31. The minimum absolute atomic E-state index is 0.0342. The standard InChI is InChI=1S/C28H35FN4O5/c1-22(34)32-15-14-31(19-28(35,20-32)21-38-25-8-6-24(29)7-9-25)18-23-5-10-26(27(17-23)36-2)37-16-4-13-33-12-3-11-30-33/h3,5-12,17,35H,4,13-16,18-21H2,1-2H3/t28-/m1/s1. The van der Waals surface area contributed by atoms with E-state index in [4.69, 9.17) is 14.2 Å². The molecule has 1 aliphatic rings. The number of benzene rings is 2. The number of aliphatic hydroxyl groups is 1. The van der Waals surface area contributed by atoms with Gasteiger partial charge in [0.1, 0.15) is 23.8 Å². The Morgan fingerprint density at radius 3 is 2.63 bits per heavy atom. The molecule has 1 atom stereocenters. The molecule has 0 radical (unpaired) electrons. The molecule has 1 aliphatic heterocycles. The molecule has 0 bridgehead atoms. The largest absolute Gasteiger partial charge is 0.493 e. The number of rotatable bonds is 11. The predicted octanol–water partition coefficient (Wildman–Crippen LogP) is 2.97. The number of aromatic nitrogens is 2. The van der Waals surface area contributed by atoms with E-state index < -0.39 is 5.60 Å². The Bertz CT molecular complexity index is 1170. The van der Waals surface area contributed by atoms with Crippen LogP contribution in [0.4, 0.5) is 4.39 Å². The first kappa shape index (κ1) is 27.4. The van der Waals surface area contributed by atoms with E-state index in [0.29, 0.717) is 50.0 Å². The zero-order valence-corrected chi connectivity index (χ0v) is 21.9. The van der Waals surface area contributed by atoms with Crippen LogP contribution in [-0.4, -0.2) is 82.7 Å². The van der Waals surface area contributed by atoms with Gasteiger partial charge in [0, 0.05) is 58.5 Å². The highest BCUT2D eigenvalue weighted by molar-refractivity contribution is 5.73. The maximum absolute atomic E-state index is 13.2. The molecule has 2 heterocycles.